The Balaban J connectivity index is 3.49. The second-order valence-electron chi connectivity index (χ2n) is 16.1. The van der Waals surface area contributed by atoms with Crippen molar-refractivity contribution in [2.45, 2.75) is 251 Å². The predicted octanol–water partition coefficient (Wildman–Crippen LogP) is 13.7. The fraction of sp³-hybridized carbons (Fsp3) is 0.837. The van der Waals surface area contributed by atoms with E-state index in [0.717, 1.165) is 64.2 Å². The SMILES string of the molecule is CCCCC/C=C\C/C=C\CCCCCCCCCCCC(=O)OCCCCCCCCCCCC(=O)NC(CO)C(O)/C=C/CCCCCCCCCC. The first-order chi connectivity index (χ1) is 27.0. The van der Waals surface area contributed by atoms with Crippen molar-refractivity contribution in [1.82, 2.24) is 5.32 Å². The van der Waals surface area contributed by atoms with Crippen LogP contribution in [0.15, 0.2) is 36.5 Å². The third kappa shape index (κ3) is 41.5. The Hall–Kier alpha value is -1.92. The van der Waals surface area contributed by atoms with E-state index in [1.54, 1.807) is 6.08 Å². The van der Waals surface area contributed by atoms with Crippen molar-refractivity contribution >= 4 is 11.9 Å². The number of esters is 1. The molecule has 0 saturated carbocycles. The first-order valence-electron chi connectivity index (χ1n) is 23.8. The van der Waals surface area contributed by atoms with Crippen LogP contribution in [-0.2, 0) is 14.3 Å². The number of nitrogens with one attached hydrogen (secondary N) is 1. The van der Waals surface area contributed by atoms with Gasteiger partial charge >= 0.3 is 5.97 Å². The number of hydrogen-bond acceptors (Lipinski definition) is 5. The third-order valence-corrected chi connectivity index (χ3v) is 10.7. The number of aliphatic hydroxyl groups excluding tert-OH is 2. The van der Waals surface area contributed by atoms with E-state index in [9.17, 15) is 19.8 Å². The van der Waals surface area contributed by atoms with Crippen LogP contribution in [0.1, 0.15) is 239 Å². The van der Waals surface area contributed by atoms with Gasteiger partial charge in [0.25, 0.3) is 0 Å². The smallest absolute Gasteiger partial charge is 0.305 e. The first-order valence-corrected chi connectivity index (χ1v) is 23.8. The Morgan fingerprint density at radius 2 is 0.909 bits per heavy atom. The van der Waals surface area contributed by atoms with E-state index < -0.39 is 12.1 Å². The minimum atomic E-state index is -0.860. The molecule has 3 N–H and O–H groups in total. The molecule has 0 aliphatic heterocycles. The Labute approximate surface area is 341 Å². The summed E-state index contributed by atoms with van der Waals surface area (Å²) in [7, 11) is 0. The molecule has 0 radical (unpaired) electrons. The van der Waals surface area contributed by atoms with Crippen LogP contribution in [0, 0.1) is 0 Å². The Bertz CT molecular complexity index is 900. The molecule has 0 bridgehead atoms. The molecule has 0 aromatic carbocycles. The lowest BCUT2D eigenvalue weighted by atomic mass is 10.1. The Kier molecular flexibility index (Phi) is 43.2. The maximum Gasteiger partial charge on any atom is 0.305 e. The number of aliphatic hydroxyl groups is 2. The largest absolute Gasteiger partial charge is 0.466 e. The average molecular weight is 774 g/mol. The van der Waals surface area contributed by atoms with Gasteiger partial charge in [-0.15, -0.1) is 0 Å². The topological polar surface area (TPSA) is 95.9 Å². The van der Waals surface area contributed by atoms with Crippen molar-refractivity contribution in [2.24, 2.45) is 0 Å². The zero-order valence-corrected chi connectivity index (χ0v) is 36.4. The molecule has 0 spiro atoms. The highest BCUT2D eigenvalue weighted by Gasteiger charge is 2.18. The van der Waals surface area contributed by atoms with E-state index in [4.69, 9.17) is 4.74 Å². The highest BCUT2D eigenvalue weighted by Crippen LogP contribution is 2.14. The molecule has 6 nitrogen and oxygen atoms in total. The molecular weight excluding hydrogens is 683 g/mol. The first kappa shape index (κ1) is 53.1. The van der Waals surface area contributed by atoms with Gasteiger partial charge in [0.05, 0.1) is 25.4 Å². The van der Waals surface area contributed by atoms with E-state index in [-0.39, 0.29) is 18.5 Å². The lowest BCUT2D eigenvalue weighted by Gasteiger charge is -2.20. The number of allylic oxidation sites excluding steroid dienone is 5. The second-order valence-corrected chi connectivity index (χ2v) is 16.1. The number of rotatable bonds is 43. The standard InChI is InChI=1S/C49H91NO5/c1-3-5-7-9-11-13-15-16-17-18-19-20-21-22-23-27-31-35-39-43-49(54)55-44-40-36-32-28-24-26-30-34-38-42-48(53)50-46(45-51)47(52)41-37-33-29-25-14-12-10-8-6-4-2/h11,13,16-17,37,41,46-47,51-52H,3-10,12,14-15,18-36,38-40,42-45H2,1-2H3,(H,50,53)/b13-11-,17-16-,41-37+. The molecule has 2 atom stereocenters. The molecule has 2 unspecified atom stereocenters. The molecule has 0 rings (SSSR count). The lowest BCUT2D eigenvalue weighted by molar-refractivity contribution is -0.143. The number of carbonyl (C=O) groups excluding carboxylic acids is 2. The van der Waals surface area contributed by atoms with E-state index >= 15 is 0 Å². The van der Waals surface area contributed by atoms with E-state index in [2.05, 4.69) is 43.5 Å². The number of carbonyl (C=O) groups is 2. The average Bonchev–Trinajstić information content (AvgIpc) is 3.18. The summed E-state index contributed by atoms with van der Waals surface area (Å²) in [4.78, 5) is 24.4. The molecule has 1 amide bonds. The molecule has 6 heteroatoms. The molecule has 322 valence electrons. The highest BCUT2D eigenvalue weighted by atomic mass is 16.5. The van der Waals surface area contributed by atoms with Gasteiger partial charge in [0.2, 0.25) is 5.91 Å². The number of unbranched alkanes of at least 4 members (excludes halogenated alkanes) is 28. The summed E-state index contributed by atoms with van der Waals surface area (Å²) in [5.74, 6) is -0.131. The fourth-order valence-electron chi connectivity index (χ4n) is 6.95. The van der Waals surface area contributed by atoms with Crippen LogP contribution < -0.4 is 5.32 Å². The summed E-state index contributed by atoms with van der Waals surface area (Å²) < 4.78 is 5.45. The minimum Gasteiger partial charge on any atom is -0.466 e. The third-order valence-electron chi connectivity index (χ3n) is 10.7. The summed E-state index contributed by atoms with van der Waals surface area (Å²) >= 11 is 0. The van der Waals surface area contributed by atoms with E-state index in [1.807, 2.05) is 6.08 Å². The van der Waals surface area contributed by atoms with Gasteiger partial charge in [0.15, 0.2) is 0 Å². The van der Waals surface area contributed by atoms with Crippen LogP contribution in [0.3, 0.4) is 0 Å². The number of amides is 1. The maximum absolute atomic E-state index is 12.4. The summed E-state index contributed by atoms with van der Waals surface area (Å²) in [6, 6.07) is -0.647. The zero-order valence-electron chi connectivity index (χ0n) is 36.4. The van der Waals surface area contributed by atoms with Crippen molar-refractivity contribution < 1.29 is 24.5 Å². The monoisotopic (exact) mass is 774 g/mol. The molecule has 0 heterocycles. The fourth-order valence-corrected chi connectivity index (χ4v) is 6.95. The summed E-state index contributed by atoms with van der Waals surface area (Å²) in [6.07, 6.45) is 52.8. The van der Waals surface area contributed by atoms with Crippen molar-refractivity contribution in [2.75, 3.05) is 13.2 Å². The molecular formula is C49H91NO5. The highest BCUT2D eigenvalue weighted by molar-refractivity contribution is 5.76. The molecule has 0 saturated heterocycles. The van der Waals surface area contributed by atoms with Gasteiger partial charge in [-0.05, 0) is 64.2 Å². The predicted molar refractivity (Wildman–Crippen MR) is 236 cm³/mol. The van der Waals surface area contributed by atoms with Crippen molar-refractivity contribution in [3.63, 3.8) is 0 Å². The van der Waals surface area contributed by atoms with Gasteiger partial charge in [-0.2, -0.15) is 0 Å². The van der Waals surface area contributed by atoms with Gasteiger partial charge in [-0.3, -0.25) is 9.59 Å². The quantitative estimate of drug-likeness (QED) is 0.0326. The van der Waals surface area contributed by atoms with Gasteiger partial charge in [-0.1, -0.05) is 198 Å². The lowest BCUT2D eigenvalue weighted by Crippen LogP contribution is -2.45. The van der Waals surface area contributed by atoms with Gasteiger partial charge < -0.3 is 20.3 Å². The molecule has 0 aromatic rings. The van der Waals surface area contributed by atoms with Crippen LogP contribution in [0.5, 0.6) is 0 Å². The number of ether oxygens (including phenoxy) is 1. The maximum atomic E-state index is 12.4. The molecule has 0 aliphatic rings. The summed E-state index contributed by atoms with van der Waals surface area (Å²) in [6.45, 7) is 4.78. The van der Waals surface area contributed by atoms with Crippen LogP contribution in [0.4, 0.5) is 0 Å². The van der Waals surface area contributed by atoms with E-state index in [0.29, 0.717) is 19.4 Å². The van der Waals surface area contributed by atoms with Gasteiger partial charge in [0.1, 0.15) is 0 Å². The van der Waals surface area contributed by atoms with Crippen molar-refractivity contribution in [3.8, 4) is 0 Å². The Morgan fingerprint density at radius 1 is 0.509 bits per heavy atom. The van der Waals surface area contributed by atoms with Gasteiger partial charge in [0, 0.05) is 12.8 Å². The summed E-state index contributed by atoms with van der Waals surface area (Å²) in [5.41, 5.74) is 0. The van der Waals surface area contributed by atoms with Crippen molar-refractivity contribution in [3.05, 3.63) is 36.5 Å². The summed E-state index contributed by atoms with van der Waals surface area (Å²) in [5, 5.41) is 22.9. The van der Waals surface area contributed by atoms with Crippen molar-refractivity contribution in [1.29, 1.82) is 0 Å². The number of hydrogen-bond donors (Lipinski definition) is 3. The molecule has 55 heavy (non-hydrogen) atoms. The Morgan fingerprint density at radius 3 is 1.42 bits per heavy atom. The zero-order chi connectivity index (χ0) is 40.1. The van der Waals surface area contributed by atoms with Crippen LogP contribution in [0.25, 0.3) is 0 Å². The second kappa shape index (κ2) is 44.8. The van der Waals surface area contributed by atoms with Crippen LogP contribution in [0.2, 0.25) is 0 Å². The van der Waals surface area contributed by atoms with Crippen LogP contribution >= 0.6 is 0 Å². The normalized spacial score (nSPS) is 13.0. The van der Waals surface area contributed by atoms with Crippen LogP contribution in [-0.4, -0.2) is 47.4 Å². The van der Waals surface area contributed by atoms with Gasteiger partial charge in [-0.25, -0.2) is 0 Å². The minimum absolute atomic E-state index is 0.0324. The molecule has 0 fully saturated rings. The molecule has 0 aromatic heterocycles. The molecule has 0 aliphatic carbocycles. The van der Waals surface area contributed by atoms with E-state index in [1.165, 1.54) is 148 Å².